The number of carbonyl (C=O) groups is 1. The van der Waals surface area contributed by atoms with E-state index in [0.717, 1.165) is 4.31 Å². The Hall–Kier alpha value is -3.00. The van der Waals surface area contributed by atoms with Crippen LogP contribution in [0.5, 0.6) is 5.75 Å². The molecule has 9 heteroatoms. The largest absolute Gasteiger partial charge is 0.497 e. The van der Waals surface area contributed by atoms with Crippen molar-refractivity contribution in [3.05, 3.63) is 95.0 Å². The van der Waals surface area contributed by atoms with Crippen molar-refractivity contribution in [2.24, 2.45) is 0 Å². The zero-order valence-corrected chi connectivity index (χ0v) is 19.4. The Morgan fingerprint density at radius 3 is 2.38 bits per heavy atom. The first-order valence-electron chi connectivity index (χ1n) is 9.41. The molecule has 0 fully saturated rings. The van der Waals surface area contributed by atoms with Gasteiger partial charge in [0.15, 0.2) is 0 Å². The fourth-order valence-electron chi connectivity index (χ4n) is 2.94. The number of sulfonamides is 1. The molecule has 0 saturated carbocycles. The summed E-state index contributed by atoms with van der Waals surface area (Å²) in [6.07, 6.45) is 1.44. The van der Waals surface area contributed by atoms with E-state index < -0.39 is 15.9 Å². The van der Waals surface area contributed by atoms with E-state index >= 15 is 0 Å². The van der Waals surface area contributed by atoms with Crippen LogP contribution in [-0.2, 0) is 10.0 Å². The van der Waals surface area contributed by atoms with Gasteiger partial charge in [-0.25, -0.2) is 8.42 Å². The number of benzene rings is 3. The molecule has 1 amide bonds. The quantitative estimate of drug-likeness (QED) is 0.414. The topological polar surface area (TPSA) is 75.7 Å². The fourth-order valence-corrected chi connectivity index (χ4v) is 5.18. The van der Waals surface area contributed by atoms with E-state index in [2.05, 4.69) is 11.9 Å². The lowest BCUT2D eigenvalue weighted by atomic mass is 10.2. The number of nitrogens with one attached hydrogen (secondary N) is 1. The molecule has 0 aliphatic rings. The second-order valence-electron chi connectivity index (χ2n) is 6.60. The van der Waals surface area contributed by atoms with Crippen molar-refractivity contribution in [1.29, 1.82) is 0 Å². The normalized spacial score (nSPS) is 11.0. The summed E-state index contributed by atoms with van der Waals surface area (Å²) in [4.78, 5) is 12.5. The van der Waals surface area contributed by atoms with E-state index in [4.69, 9.17) is 27.9 Å². The van der Waals surface area contributed by atoms with E-state index in [9.17, 15) is 13.2 Å². The molecule has 6 nitrogen and oxygen atoms in total. The number of hydrogen-bond donors (Lipinski definition) is 1. The van der Waals surface area contributed by atoms with Gasteiger partial charge in [0.2, 0.25) is 0 Å². The Labute approximate surface area is 197 Å². The molecule has 32 heavy (non-hydrogen) atoms. The molecule has 0 heterocycles. The molecule has 0 aliphatic carbocycles. The minimum absolute atomic E-state index is 0.0212. The van der Waals surface area contributed by atoms with Crippen LogP contribution >= 0.6 is 23.2 Å². The van der Waals surface area contributed by atoms with Crippen LogP contribution in [0, 0.1) is 0 Å². The molecule has 0 saturated heterocycles. The predicted octanol–water partition coefficient (Wildman–Crippen LogP) is 5.64. The maximum Gasteiger partial charge on any atom is 0.266 e. The third-order valence-corrected chi connectivity index (χ3v) is 7.11. The first-order valence-corrected chi connectivity index (χ1v) is 11.6. The number of ether oxygens (including phenoxy) is 1. The van der Waals surface area contributed by atoms with Gasteiger partial charge < -0.3 is 10.1 Å². The summed E-state index contributed by atoms with van der Waals surface area (Å²) in [6, 6.07) is 17.3. The van der Waals surface area contributed by atoms with E-state index in [1.54, 1.807) is 55.6 Å². The van der Waals surface area contributed by atoms with Crippen LogP contribution in [0.3, 0.4) is 0 Å². The van der Waals surface area contributed by atoms with E-state index in [-0.39, 0.29) is 32.7 Å². The van der Waals surface area contributed by atoms with Crippen LogP contribution in [-0.4, -0.2) is 28.0 Å². The lowest BCUT2D eigenvalue weighted by Gasteiger charge is -2.24. The molecule has 0 aromatic heterocycles. The number of halogens is 2. The van der Waals surface area contributed by atoms with Gasteiger partial charge in [-0.1, -0.05) is 41.4 Å². The predicted molar refractivity (Wildman–Crippen MR) is 129 cm³/mol. The molecule has 0 spiro atoms. The van der Waals surface area contributed by atoms with Crippen LogP contribution in [0.15, 0.2) is 84.3 Å². The van der Waals surface area contributed by atoms with Gasteiger partial charge in [-0.2, -0.15) is 0 Å². The molecular formula is C23H20Cl2N2O4S. The van der Waals surface area contributed by atoms with Crippen LogP contribution < -0.4 is 14.4 Å². The summed E-state index contributed by atoms with van der Waals surface area (Å²) >= 11 is 12.5. The van der Waals surface area contributed by atoms with Crippen molar-refractivity contribution < 1.29 is 17.9 Å². The first kappa shape index (κ1) is 23.7. The Morgan fingerprint density at radius 2 is 1.75 bits per heavy atom. The van der Waals surface area contributed by atoms with Gasteiger partial charge in [0, 0.05) is 11.3 Å². The molecule has 0 unspecified atom stereocenters. The summed E-state index contributed by atoms with van der Waals surface area (Å²) in [5.41, 5.74) is 0.930. The number of nitrogens with zero attached hydrogens (tertiary/aromatic N) is 1. The van der Waals surface area contributed by atoms with Crippen molar-refractivity contribution in [3.8, 4) is 5.75 Å². The van der Waals surface area contributed by atoms with Gasteiger partial charge in [-0.3, -0.25) is 9.10 Å². The Kier molecular flexibility index (Phi) is 7.45. The Bertz CT molecular complexity index is 1250. The van der Waals surface area contributed by atoms with Crippen molar-refractivity contribution >= 4 is 50.5 Å². The summed E-state index contributed by atoms with van der Waals surface area (Å²) in [7, 11) is -2.61. The monoisotopic (exact) mass is 490 g/mol. The van der Waals surface area contributed by atoms with Crippen molar-refractivity contribution in [2.45, 2.75) is 4.90 Å². The van der Waals surface area contributed by atoms with Gasteiger partial charge in [0.25, 0.3) is 15.9 Å². The third-order valence-electron chi connectivity index (χ3n) is 4.53. The number of carbonyl (C=O) groups excluding carboxylic acids is 1. The van der Waals surface area contributed by atoms with Gasteiger partial charge in [0.05, 0.1) is 29.4 Å². The summed E-state index contributed by atoms with van der Waals surface area (Å²) in [5, 5.41) is 2.95. The SMILES string of the molecule is C=CCN(c1ccccc1Cl)S(=O)(=O)c1cc(C(=O)Nc2ccc(OC)cc2)ccc1Cl. The number of hydrogen-bond acceptors (Lipinski definition) is 4. The summed E-state index contributed by atoms with van der Waals surface area (Å²) < 4.78 is 33.2. The molecule has 1 N–H and O–H groups in total. The Balaban J connectivity index is 1.97. The molecule has 0 bridgehead atoms. The van der Waals surface area contributed by atoms with Gasteiger partial charge >= 0.3 is 0 Å². The van der Waals surface area contributed by atoms with Crippen molar-refractivity contribution in [3.63, 3.8) is 0 Å². The zero-order valence-electron chi connectivity index (χ0n) is 17.1. The lowest BCUT2D eigenvalue weighted by Crippen LogP contribution is -2.32. The van der Waals surface area contributed by atoms with Crippen LogP contribution in [0.4, 0.5) is 11.4 Å². The smallest absolute Gasteiger partial charge is 0.266 e. The molecule has 0 atom stereocenters. The number of para-hydroxylation sites is 1. The van der Waals surface area contributed by atoms with Crippen molar-refractivity contribution in [2.75, 3.05) is 23.3 Å². The molecular weight excluding hydrogens is 471 g/mol. The van der Waals surface area contributed by atoms with Crippen LogP contribution in [0.1, 0.15) is 10.4 Å². The highest BCUT2D eigenvalue weighted by molar-refractivity contribution is 7.93. The lowest BCUT2D eigenvalue weighted by molar-refractivity contribution is 0.102. The maximum atomic E-state index is 13.5. The average Bonchev–Trinajstić information content (AvgIpc) is 2.78. The van der Waals surface area contributed by atoms with Gasteiger partial charge in [-0.05, 0) is 54.6 Å². The number of rotatable bonds is 8. The third kappa shape index (κ3) is 5.07. The number of anilines is 2. The minimum Gasteiger partial charge on any atom is -0.497 e. The summed E-state index contributed by atoms with van der Waals surface area (Å²) in [5.74, 6) is 0.154. The van der Waals surface area contributed by atoms with Gasteiger partial charge in [-0.15, -0.1) is 6.58 Å². The molecule has 0 radical (unpaired) electrons. The minimum atomic E-state index is -4.16. The maximum absolute atomic E-state index is 13.5. The Morgan fingerprint density at radius 1 is 1.06 bits per heavy atom. The first-order chi connectivity index (χ1) is 15.3. The molecule has 3 aromatic rings. The highest BCUT2D eigenvalue weighted by Crippen LogP contribution is 2.33. The number of amides is 1. The van der Waals surface area contributed by atoms with E-state index in [0.29, 0.717) is 11.4 Å². The average molecular weight is 491 g/mol. The van der Waals surface area contributed by atoms with E-state index in [1.165, 1.54) is 24.3 Å². The van der Waals surface area contributed by atoms with Crippen LogP contribution in [0.25, 0.3) is 0 Å². The molecule has 3 aromatic carbocycles. The molecule has 0 aliphatic heterocycles. The van der Waals surface area contributed by atoms with E-state index in [1.807, 2.05) is 0 Å². The second-order valence-corrected chi connectivity index (χ2v) is 9.25. The van der Waals surface area contributed by atoms with Gasteiger partial charge in [0.1, 0.15) is 10.6 Å². The van der Waals surface area contributed by atoms with Crippen LogP contribution in [0.2, 0.25) is 10.0 Å². The second kappa shape index (κ2) is 10.1. The molecule has 3 rings (SSSR count). The molecule has 166 valence electrons. The highest BCUT2D eigenvalue weighted by Gasteiger charge is 2.28. The standard InChI is InChI=1S/C23H20Cl2N2O4S/c1-3-14-27(21-7-5-4-6-19(21)24)32(29,30)22-15-16(8-13-20(22)25)23(28)26-17-9-11-18(31-2)12-10-17/h3-13,15H,1,14H2,2H3,(H,26,28). The number of methoxy groups -OCH3 is 1. The summed E-state index contributed by atoms with van der Waals surface area (Å²) in [6.45, 7) is 3.60. The van der Waals surface area contributed by atoms with Crippen molar-refractivity contribution in [1.82, 2.24) is 0 Å². The fraction of sp³-hybridized carbons (Fsp3) is 0.0870. The highest BCUT2D eigenvalue weighted by atomic mass is 35.5. The zero-order chi connectivity index (χ0) is 23.3.